The van der Waals surface area contributed by atoms with E-state index < -0.39 is 0 Å². The average Bonchev–Trinajstić information content (AvgIpc) is 2.55. The molecule has 1 amide bonds. The third-order valence-electron chi connectivity index (χ3n) is 3.37. The normalized spacial score (nSPS) is 12.1. The molecule has 1 N–H and O–H groups in total. The maximum Gasteiger partial charge on any atom is 0.237 e. The molecule has 1 aromatic heterocycles. The number of pyridine rings is 1. The van der Waals surface area contributed by atoms with Gasteiger partial charge in [0.05, 0.1) is 10.8 Å². The molecule has 0 aliphatic heterocycles. The fraction of sp³-hybridized carbons (Fsp3) is 0.111. The van der Waals surface area contributed by atoms with Crippen LogP contribution in [0.1, 0.15) is 6.92 Å². The minimum Gasteiger partial charge on any atom is -0.325 e. The van der Waals surface area contributed by atoms with Crippen molar-refractivity contribution in [3.05, 3.63) is 65.3 Å². The molecule has 0 bridgehead atoms. The zero-order chi connectivity index (χ0) is 16.2. The Morgan fingerprint density at radius 3 is 2.83 bits per heavy atom. The van der Waals surface area contributed by atoms with E-state index in [1.165, 1.54) is 0 Å². The van der Waals surface area contributed by atoms with E-state index in [1.807, 2.05) is 61.5 Å². The van der Waals surface area contributed by atoms with Gasteiger partial charge in [-0.1, -0.05) is 40.2 Å². The summed E-state index contributed by atoms with van der Waals surface area (Å²) in [5.74, 6) is -0.0195. The number of aromatic nitrogens is 1. The average molecular weight is 387 g/mol. The summed E-state index contributed by atoms with van der Waals surface area (Å²) in [6.45, 7) is 1.91. The molecule has 2 aromatic carbocycles. The summed E-state index contributed by atoms with van der Waals surface area (Å²) in [6, 6.07) is 17.5. The lowest BCUT2D eigenvalue weighted by atomic mass is 10.2. The lowest BCUT2D eigenvalue weighted by Crippen LogP contribution is -2.22. The molecule has 0 aliphatic rings. The van der Waals surface area contributed by atoms with E-state index in [9.17, 15) is 4.79 Å². The molecule has 5 heteroatoms. The van der Waals surface area contributed by atoms with E-state index in [2.05, 4.69) is 26.2 Å². The summed E-state index contributed by atoms with van der Waals surface area (Å²) < 4.78 is 0.940. The van der Waals surface area contributed by atoms with Crippen LogP contribution in [0.2, 0.25) is 0 Å². The Labute approximate surface area is 147 Å². The maximum atomic E-state index is 12.4. The van der Waals surface area contributed by atoms with Crippen molar-refractivity contribution in [2.24, 2.45) is 0 Å². The Kier molecular flexibility index (Phi) is 4.98. The highest BCUT2D eigenvalue weighted by atomic mass is 79.9. The van der Waals surface area contributed by atoms with Gasteiger partial charge >= 0.3 is 0 Å². The third-order valence-corrected chi connectivity index (χ3v) is 5.04. The highest BCUT2D eigenvalue weighted by Gasteiger charge is 2.16. The Balaban J connectivity index is 1.75. The van der Waals surface area contributed by atoms with E-state index in [4.69, 9.17) is 0 Å². The lowest BCUT2D eigenvalue weighted by molar-refractivity contribution is -0.115. The second-order valence-corrected chi connectivity index (χ2v) is 7.38. The molecule has 1 atom stereocenters. The number of anilines is 1. The largest absolute Gasteiger partial charge is 0.325 e. The van der Waals surface area contributed by atoms with Crippen molar-refractivity contribution in [1.29, 1.82) is 0 Å². The quantitative estimate of drug-likeness (QED) is 0.632. The van der Waals surface area contributed by atoms with Gasteiger partial charge in [0.25, 0.3) is 0 Å². The molecule has 0 radical (unpaired) electrons. The first kappa shape index (κ1) is 16.0. The van der Waals surface area contributed by atoms with Crippen molar-refractivity contribution >= 4 is 50.2 Å². The van der Waals surface area contributed by atoms with Crippen molar-refractivity contribution in [1.82, 2.24) is 4.98 Å². The van der Waals surface area contributed by atoms with Crippen LogP contribution in [0.25, 0.3) is 10.9 Å². The fourth-order valence-corrected chi connectivity index (χ4v) is 3.61. The molecule has 0 fully saturated rings. The predicted octanol–water partition coefficient (Wildman–Crippen LogP) is 5.12. The van der Waals surface area contributed by atoms with Crippen LogP contribution >= 0.6 is 27.7 Å². The van der Waals surface area contributed by atoms with Gasteiger partial charge in [0.15, 0.2) is 0 Å². The Bertz CT molecular complexity index is 848. The second-order valence-electron chi connectivity index (χ2n) is 5.09. The number of fused-ring (bicyclic) bond motifs is 1. The number of nitrogens with zero attached hydrogens (tertiary/aromatic N) is 1. The standard InChI is InChI=1S/C18H15BrN2OS/c1-12(18(22)21-14-6-4-5-13(19)11-14)23-17-9-10-20-16-8-3-2-7-15(16)17/h2-12H,1H3,(H,21,22). The molecule has 0 saturated heterocycles. The third kappa shape index (κ3) is 3.92. The van der Waals surface area contributed by atoms with E-state index in [0.717, 1.165) is 26.0 Å². The molecule has 1 unspecified atom stereocenters. The second kappa shape index (κ2) is 7.15. The van der Waals surface area contributed by atoms with Crippen LogP contribution < -0.4 is 5.32 Å². The van der Waals surface area contributed by atoms with Crippen molar-refractivity contribution in [2.75, 3.05) is 5.32 Å². The zero-order valence-electron chi connectivity index (χ0n) is 12.5. The van der Waals surface area contributed by atoms with Crippen LogP contribution in [0.3, 0.4) is 0 Å². The monoisotopic (exact) mass is 386 g/mol. The number of carbonyl (C=O) groups is 1. The number of halogens is 1. The smallest absolute Gasteiger partial charge is 0.237 e. The summed E-state index contributed by atoms with van der Waals surface area (Å²) in [7, 11) is 0. The number of rotatable bonds is 4. The van der Waals surface area contributed by atoms with E-state index in [0.29, 0.717) is 0 Å². The van der Waals surface area contributed by atoms with Gasteiger partial charge in [0.2, 0.25) is 5.91 Å². The van der Waals surface area contributed by atoms with Crippen LogP contribution in [-0.2, 0) is 4.79 Å². The molecule has 23 heavy (non-hydrogen) atoms. The summed E-state index contributed by atoms with van der Waals surface area (Å²) in [5, 5.41) is 3.81. The molecule has 0 spiro atoms. The number of nitrogens with one attached hydrogen (secondary N) is 1. The highest BCUT2D eigenvalue weighted by molar-refractivity contribution is 9.10. The van der Waals surface area contributed by atoms with Gasteiger partial charge < -0.3 is 5.32 Å². The minimum atomic E-state index is -0.209. The first-order valence-electron chi connectivity index (χ1n) is 7.20. The topological polar surface area (TPSA) is 42.0 Å². The van der Waals surface area contributed by atoms with E-state index in [1.54, 1.807) is 18.0 Å². The van der Waals surface area contributed by atoms with Gasteiger partial charge in [-0.3, -0.25) is 9.78 Å². The van der Waals surface area contributed by atoms with Gasteiger partial charge in [-0.2, -0.15) is 0 Å². The fourth-order valence-electron chi connectivity index (χ4n) is 2.23. The molecule has 0 saturated carbocycles. The minimum absolute atomic E-state index is 0.0195. The van der Waals surface area contributed by atoms with Crippen LogP contribution in [0.5, 0.6) is 0 Å². The molecule has 116 valence electrons. The number of benzene rings is 2. The number of carbonyl (C=O) groups excluding carboxylic acids is 1. The molecular formula is C18H15BrN2OS. The summed E-state index contributed by atoms with van der Waals surface area (Å²) >= 11 is 4.95. The van der Waals surface area contributed by atoms with Crippen molar-refractivity contribution < 1.29 is 4.79 Å². The summed E-state index contributed by atoms with van der Waals surface area (Å²) in [6.07, 6.45) is 1.78. The Hall–Kier alpha value is -1.85. The maximum absolute atomic E-state index is 12.4. The van der Waals surface area contributed by atoms with E-state index >= 15 is 0 Å². The van der Waals surface area contributed by atoms with Gasteiger partial charge in [-0.25, -0.2) is 0 Å². The molecule has 1 heterocycles. The highest BCUT2D eigenvalue weighted by Crippen LogP contribution is 2.30. The van der Waals surface area contributed by atoms with Crippen molar-refractivity contribution in [3.8, 4) is 0 Å². The van der Waals surface area contributed by atoms with Crippen molar-refractivity contribution in [3.63, 3.8) is 0 Å². The lowest BCUT2D eigenvalue weighted by Gasteiger charge is -2.13. The first-order valence-corrected chi connectivity index (χ1v) is 8.87. The molecule has 3 rings (SSSR count). The van der Waals surface area contributed by atoms with Crippen LogP contribution in [0, 0.1) is 0 Å². The SMILES string of the molecule is CC(Sc1ccnc2ccccc12)C(=O)Nc1cccc(Br)c1. The van der Waals surface area contributed by atoms with Crippen LogP contribution in [0.4, 0.5) is 5.69 Å². The van der Waals surface area contributed by atoms with Crippen LogP contribution in [0.15, 0.2) is 70.2 Å². The van der Waals surface area contributed by atoms with Gasteiger partial charge in [0.1, 0.15) is 0 Å². The van der Waals surface area contributed by atoms with Gasteiger partial charge in [0, 0.05) is 26.6 Å². The summed E-state index contributed by atoms with van der Waals surface area (Å²) in [5.41, 5.74) is 1.73. The summed E-state index contributed by atoms with van der Waals surface area (Å²) in [4.78, 5) is 17.8. The number of thioether (sulfide) groups is 1. The van der Waals surface area contributed by atoms with Crippen molar-refractivity contribution in [2.45, 2.75) is 17.1 Å². The van der Waals surface area contributed by atoms with Gasteiger partial charge in [-0.15, -0.1) is 11.8 Å². The number of para-hydroxylation sites is 1. The number of amides is 1. The zero-order valence-corrected chi connectivity index (χ0v) is 14.9. The molecule has 3 aromatic rings. The predicted molar refractivity (Wildman–Crippen MR) is 99.8 cm³/mol. The number of hydrogen-bond donors (Lipinski definition) is 1. The Morgan fingerprint density at radius 1 is 1.17 bits per heavy atom. The molecule has 3 nitrogen and oxygen atoms in total. The van der Waals surface area contributed by atoms with Gasteiger partial charge in [-0.05, 0) is 37.3 Å². The molecular weight excluding hydrogens is 372 g/mol. The van der Waals surface area contributed by atoms with E-state index in [-0.39, 0.29) is 11.2 Å². The Morgan fingerprint density at radius 2 is 2.00 bits per heavy atom. The number of hydrogen-bond acceptors (Lipinski definition) is 3. The van der Waals surface area contributed by atoms with Crippen LogP contribution in [-0.4, -0.2) is 16.1 Å². The first-order chi connectivity index (χ1) is 11.1. The molecule has 0 aliphatic carbocycles.